The fraction of sp³-hybridized carbons (Fsp3) is 0.478. The molecule has 0 radical (unpaired) electrons. The molecule has 0 saturated carbocycles. The van der Waals surface area contributed by atoms with Crippen LogP contribution in [0.5, 0.6) is 0 Å². The Balaban J connectivity index is 1.29. The van der Waals surface area contributed by atoms with E-state index in [-0.39, 0.29) is 5.91 Å². The van der Waals surface area contributed by atoms with Crippen molar-refractivity contribution >= 4 is 54.0 Å². The van der Waals surface area contributed by atoms with Crippen LogP contribution in [-0.4, -0.2) is 67.3 Å². The first-order chi connectivity index (χ1) is 15.9. The highest BCUT2D eigenvalue weighted by atomic mass is 32.2. The quantitative estimate of drug-likeness (QED) is 0.539. The van der Waals surface area contributed by atoms with E-state index in [4.69, 9.17) is 4.98 Å². The number of hydrogen-bond acceptors (Lipinski definition) is 7. The predicted molar refractivity (Wildman–Crippen MR) is 134 cm³/mol. The summed E-state index contributed by atoms with van der Waals surface area (Å²) in [6.45, 7) is 7.18. The van der Waals surface area contributed by atoms with Gasteiger partial charge < -0.3 is 9.80 Å². The van der Waals surface area contributed by atoms with Crippen LogP contribution in [0.2, 0.25) is 0 Å². The zero-order chi connectivity index (χ0) is 23.2. The van der Waals surface area contributed by atoms with Gasteiger partial charge in [-0.3, -0.25) is 4.79 Å². The molecule has 5 rings (SSSR count). The second-order valence-electron chi connectivity index (χ2n) is 8.72. The number of aryl methyl sites for hydroxylation is 2. The summed E-state index contributed by atoms with van der Waals surface area (Å²) in [4.78, 5) is 22.4. The van der Waals surface area contributed by atoms with Gasteiger partial charge in [-0.15, -0.1) is 11.3 Å². The van der Waals surface area contributed by atoms with Gasteiger partial charge in [0.2, 0.25) is 5.91 Å². The molecule has 2 aliphatic heterocycles. The molecule has 10 heteroatoms. The molecule has 1 amide bonds. The van der Waals surface area contributed by atoms with Gasteiger partial charge in [0.05, 0.1) is 10.2 Å². The van der Waals surface area contributed by atoms with Crippen LogP contribution in [0.4, 0.5) is 5.13 Å². The summed E-state index contributed by atoms with van der Waals surface area (Å²) in [6, 6.07) is 7.02. The van der Waals surface area contributed by atoms with E-state index in [2.05, 4.69) is 30.9 Å². The number of aromatic nitrogens is 1. The molecule has 0 bridgehead atoms. The van der Waals surface area contributed by atoms with Gasteiger partial charge in [0, 0.05) is 32.7 Å². The van der Waals surface area contributed by atoms with Gasteiger partial charge >= 0.3 is 0 Å². The summed E-state index contributed by atoms with van der Waals surface area (Å²) in [5.41, 5.74) is 3.52. The number of piperazine rings is 1. The van der Waals surface area contributed by atoms with E-state index in [0.29, 0.717) is 43.4 Å². The van der Waals surface area contributed by atoms with Gasteiger partial charge in [0.25, 0.3) is 10.0 Å². The van der Waals surface area contributed by atoms with E-state index < -0.39 is 16.1 Å². The number of thiophene rings is 1. The number of fused-ring (bicyclic) bond motifs is 1. The maximum Gasteiger partial charge on any atom is 0.253 e. The molecule has 33 heavy (non-hydrogen) atoms. The first-order valence-electron chi connectivity index (χ1n) is 11.3. The van der Waals surface area contributed by atoms with Gasteiger partial charge in [-0.1, -0.05) is 29.9 Å². The summed E-state index contributed by atoms with van der Waals surface area (Å²) < 4.78 is 29.3. The molecule has 4 heterocycles. The second kappa shape index (κ2) is 8.98. The fourth-order valence-electron chi connectivity index (χ4n) is 4.64. The minimum absolute atomic E-state index is 0.0646. The van der Waals surface area contributed by atoms with E-state index in [1.807, 2.05) is 4.90 Å². The molecule has 2 fully saturated rings. The zero-order valence-electron chi connectivity index (χ0n) is 18.9. The number of carbonyl (C=O) groups is 1. The van der Waals surface area contributed by atoms with Crippen LogP contribution in [0.1, 0.15) is 30.4 Å². The highest BCUT2D eigenvalue weighted by Gasteiger charge is 2.40. The Labute approximate surface area is 202 Å². The van der Waals surface area contributed by atoms with Crippen LogP contribution in [0.25, 0.3) is 10.2 Å². The number of hydrogen-bond donors (Lipinski definition) is 0. The number of thiazole rings is 1. The number of carbonyl (C=O) groups excluding carboxylic acids is 1. The maximum absolute atomic E-state index is 13.4. The lowest BCUT2D eigenvalue weighted by Gasteiger charge is -2.40. The molecule has 2 saturated heterocycles. The minimum atomic E-state index is -3.64. The van der Waals surface area contributed by atoms with E-state index in [1.54, 1.807) is 28.8 Å². The summed E-state index contributed by atoms with van der Waals surface area (Å²) >= 11 is 2.90. The number of sulfonamides is 1. The number of amides is 1. The molecule has 1 unspecified atom stereocenters. The van der Waals surface area contributed by atoms with Crippen molar-refractivity contribution in [1.82, 2.24) is 14.2 Å². The van der Waals surface area contributed by atoms with Crippen molar-refractivity contribution in [2.45, 2.75) is 43.4 Å². The lowest BCUT2D eigenvalue weighted by atomic mass is 10.0. The molecular formula is C23H28N4O3S3. The van der Waals surface area contributed by atoms with E-state index in [0.717, 1.165) is 23.5 Å². The Bertz CT molecular complexity index is 1260. The molecule has 3 aromatic rings. The first kappa shape index (κ1) is 22.8. The molecule has 1 atom stereocenters. The van der Waals surface area contributed by atoms with E-state index in [9.17, 15) is 13.2 Å². The van der Waals surface area contributed by atoms with Crippen molar-refractivity contribution in [3.8, 4) is 0 Å². The molecule has 7 nitrogen and oxygen atoms in total. The van der Waals surface area contributed by atoms with Crippen LogP contribution in [-0.2, 0) is 14.8 Å². The van der Waals surface area contributed by atoms with Crippen molar-refractivity contribution in [2.75, 3.05) is 37.6 Å². The molecule has 1 aromatic carbocycles. The Morgan fingerprint density at radius 1 is 1.06 bits per heavy atom. The third kappa shape index (κ3) is 4.18. The monoisotopic (exact) mass is 504 g/mol. The molecule has 0 N–H and O–H groups in total. The maximum atomic E-state index is 13.4. The summed E-state index contributed by atoms with van der Waals surface area (Å²) in [5.74, 6) is -0.0646. The van der Waals surface area contributed by atoms with Crippen molar-refractivity contribution in [2.24, 2.45) is 0 Å². The average Bonchev–Trinajstić information content (AvgIpc) is 3.52. The smallest absolute Gasteiger partial charge is 0.253 e. The topological polar surface area (TPSA) is 73.8 Å². The normalized spacial score (nSPS) is 20.5. The van der Waals surface area contributed by atoms with Gasteiger partial charge in [0.15, 0.2) is 5.13 Å². The lowest BCUT2D eigenvalue weighted by Crippen LogP contribution is -2.57. The molecule has 0 aliphatic carbocycles. The standard InChI is InChI=1S/C23H28N4O3S3/c1-16-8-9-19-21(17(16)2)24-23(32-19)26-13-11-25(12-14-26)22(28)18-6-3-4-10-27(18)33(29,30)20-7-5-15-31-20/h5,7-9,15,18H,3-4,6,10-14H2,1-2H3. The summed E-state index contributed by atoms with van der Waals surface area (Å²) in [5, 5.41) is 2.75. The van der Waals surface area contributed by atoms with Gasteiger partial charge in [-0.25, -0.2) is 13.4 Å². The van der Waals surface area contributed by atoms with Crippen LogP contribution < -0.4 is 4.90 Å². The number of piperidine rings is 1. The van der Waals surface area contributed by atoms with Crippen molar-refractivity contribution in [1.29, 1.82) is 0 Å². The van der Waals surface area contributed by atoms with Crippen molar-refractivity contribution < 1.29 is 13.2 Å². The largest absolute Gasteiger partial charge is 0.345 e. The Morgan fingerprint density at radius 2 is 1.85 bits per heavy atom. The van der Waals surface area contributed by atoms with Crippen LogP contribution in [0.15, 0.2) is 33.9 Å². The minimum Gasteiger partial charge on any atom is -0.345 e. The third-order valence-electron chi connectivity index (χ3n) is 6.73. The average molecular weight is 505 g/mol. The van der Waals surface area contributed by atoms with E-state index >= 15 is 0 Å². The number of benzene rings is 1. The van der Waals surface area contributed by atoms with Crippen LogP contribution >= 0.6 is 22.7 Å². The highest BCUT2D eigenvalue weighted by Crippen LogP contribution is 2.33. The number of nitrogens with zero attached hydrogens (tertiary/aromatic N) is 4. The number of anilines is 1. The summed E-state index contributed by atoms with van der Waals surface area (Å²) in [7, 11) is -3.64. The molecule has 0 spiro atoms. The van der Waals surface area contributed by atoms with Gasteiger partial charge in [-0.2, -0.15) is 4.31 Å². The molecule has 176 valence electrons. The Hall–Kier alpha value is -2.01. The second-order valence-corrected chi connectivity index (χ2v) is 12.8. The SMILES string of the molecule is Cc1ccc2sc(N3CCN(C(=O)C4CCCCN4S(=O)(=O)c4cccs4)CC3)nc2c1C. The van der Waals surface area contributed by atoms with E-state index in [1.165, 1.54) is 31.5 Å². The first-order valence-corrected chi connectivity index (χ1v) is 14.5. The lowest BCUT2D eigenvalue weighted by molar-refractivity contribution is -0.136. The fourth-order valence-corrected chi connectivity index (χ4v) is 8.49. The van der Waals surface area contributed by atoms with Crippen molar-refractivity contribution in [3.05, 3.63) is 40.8 Å². The van der Waals surface area contributed by atoms with Crippen LogP contribution in [0.3, 0.4) is 0 Å². The zero-order valence-corrected chi connectivity index (χ0v) is 21.3. The summed E-state index contributed by atoms with van der Waals surface area (Å²) in [6.07, 6.45) is 2.25. The van der Waals surface area contributed by atoms with Crippen LogP contribution in [0, 0.1) is 13.8 Å². The third-order valence-corrected chi connectivity index (χ3v) is 11.1. The van der Waals surface area contributed by atoms with Gasteiger partial charge in [0.1, 0.15) is 10.3 Å². The predicted octanol–water partition coefficient (Wildman–Crippen LogP) is 3.87. The highest BCUT2D eigenvalue weighted by molar-refractivity contribution is 7.91. The Kier molecular flexibility index (Phi) is 6.19. The molecule has 2 aliphatic rings. The Morgan fingerprint density at radius 3 is 2.58 bits per heavy atom. The van der Waals surface area contributed by atoms with Crippen molar-refractivity contribution in [3.63, 3.8) is 0 Å². The van der Waals surface area contributed by atoms with Gasteiger partial charge in [-0.05, 0) is 55.3 Å². The molecular weight excluding hydrogens is 476 g/mol. The number of rotatable bonds is 4. The molecule has 2 aromatic heterocycles.